The quantitative estimate of drug-likeness (QED) is 0.461. The van der Waals surface area contributed by atoms with Crippen molar-refractivity contribution in [3.8, 4) is 11.4 Å². The number of aromatic nitrogens is 3. The Morgan fingerprint density at radius 1 is 1.07 bits per heavy atom. The second-order valence-electron chi connectivity index (χ2n) is 6.59. The normalized spacial score (nSPS) is 10.8. The third kappa shape index (κ3) is 5.15. The Hall–Kier alpha value is -2.51. The van der Waals surface area contributed by atoms with Gasteiger partial charge in [0.1, 0.15) is 0 Å². The summed E-state index contributed by atoms with van der Waals surface area (Å²) < 4.78 is 1.97. The fourth-order valence-electron chi connectivity index (χ4n) is 3.19. The van der Waals surface area contributed by atoms with Crippen LogP contribution >= 0.6 is 23.4 Å². The number of nitrogens with zero attached hydrogens (tertiary/aromatic N) is 4. The van der Waals surface area contributed by atoms with Crippen molar-refractivity contribution in [2.45, 2.75) is 32.5 Å². The van der Waals surface area contributed by atoms with E-state index in [0.29, 0.717) is 22.5 Å². The molecule has 0 unspecified atom stereocenters. The number of anilines is 2. The lowest BCUT2D eigenvalue weighted by atomic mass is 10.2. The van der Waals surface area contributed by atoms with Crippen molar-refractivity contribution in [2.75, 3.05) is 29.1 Å². The van der Waals surface area contributed by atoms with Crippen molar-refractivity contribution in [2.24, 2.45) is 0 Å². The highest BCUT2D eigenvalue weighted by Crippen LogP contribution is 2.29. The lowest BCUT2D eigenvalue weighted by Gasteiger charge is -2.21. The van der Waals surface area contributed by atoms with E-state index in [0.717, 1.165) is 30.0 Å². The number of thioether (sulfide) groups is 1. The number of amides is 1. The molecule has 30 heavy (non-hydrogen) atoms. The van der Waals surface area contributed by atoms with E-state index in [4.69, 9.17) is 11.6 Å². The van der Waals surface area contributed by atoms with Crippen molar-refractivity contribution in [3.63, 3.8) is 0 Å². The maximum Gasteiger partial charge on any atom is 0.234 e. The number of hydrogen-bond acceptors (Lipinski definition) is 5. The molecule has 0 aliphatic rings. The second-order valence-corrected chi connectivity index (χ2v) is 7.94. The van der Waals surface area contributed by atoms with Crippen LogP contribution in [0.2, 0.25) is 5.02 Å². The summed E-state index contributed by atoms with van der Waals surface area (Å²) in [4.78, 5) is 14.7. The average molecular weight is 444 g/mol. The zero-order valence-corrected chi connectivity index (χ0v) is 19.0. The third-order valence-electron chi connectivity index (χ3n) is 4.76. The third-order valence-corrected chi connectivity index (χ3v) is 6.06. The van der Waals surface area contributed by atoms with Crippen LogP contribution in [0, 0.1) is 0 Å². The average Bonchev–Trinajstić information content (AvgIpc) is 3.17. The Kier molecular flexibility index (Phi) is 7.76. The lowest BCUT2D eigenvalue weighted by Crippen LogP contribution is -2.21. The molecule has 8 heteroatoms. The minimum absolute atomic E-state index is 0.0828. The van der Waals surface area contributed by atoms with Gasteiger partial charge in [0.25, 0.3) is 0 Å². The van der Waals surface area contributed by atoms with Gasteiger partial charge in [-0.15, -0.1) is 10.2 Å². The SMILES string of the molecule is CCN(CC)c1ccc(NC(=O)CSc2nnc(-c3ccccc3Cl)n2CC)cc1. The number of benzene rings is 2. The Balaban J connectivity index is 1.63. The predicted octanol–water partition coefficient (Wildman–Crippen LogP) is 5.20. The molecule has 0 saturated heterocycles. The molecule has 158 valence electrons. The number of carbonyl (C=O) groups excluding carboxylic acids is 1. The lowest BCUT2D eigenvalue weighted by molar-refractivity contribution is -0.113. The molecule has 0 spiro atoms. The highest BCUT2D eigenvalue weighted by molar-refractivity contribution is 7.99. The van der Waals surface area contributed by atoms with Crippen LogP contribution in [0.3, 0.4) is 0 Å². The molecule has 3 rings (SSSR count). The molecular formula is C22H26ClN5OS. The molecule has 0 fully saturated rings. The van der Waals surface area contributed by atoms with Gasteiger partial charge in [0.2, 0.25) is 5.91 Å². The zero-order chi connectivity index (χ0) is 21.5. The molecule has 1 amide bonds. The Morgan fingerprint density at radius 3 is 2.40 bits per heavy atom. The summed E-state index contributed by atoms with van der Waals surface area (Å²) in [6.45, 7) is 8.86. The van der Waals surface area contributed by atoms with E-state index in [-0.39, 0.29) is 11.7 Å². The first kappa shape index (κ1) is 22.2. The maximum absolute atomic E-state index is 12.4. The van der Waals surface area contributed by atoms with Gasteiger partial charge in [-0.25, -0.2) is 0 Å². The topological polar surface area (TPSA) is 63.1 Å². The van der Waals surface area contributed by atoms with E-state index in [1.807, 2.05) is 60.0 Å². The van der Waals surface area contributed by atoms with Crippen LogP contribution in [-0.4, -0.2) is 39.5 Å². The van der Waals surface area contributed by atoms with Crippen molar-refractivity contribution >= 4 is 40.6 Å². The van der Waals surface area contributed by atoms with Gasteiger partial charge in [-0.05, 0) is 57.2 Å². The summed E-state index contributed by atoms with van der Waals surface area (Å²) in [6, 6.07) is 15.5. The molecule has 3 aromatic rings. The summed E-state index contributed by atoms with van der Waals surface area (Å²) in [5.41, 5.74) is 2.76. The molecule has 1 heterocycles. The van der Waals surface area contributed by atoms with Gasteiger partial charge in [0.05, 0.1) is 10.8 Å². The van der Waals surface area contributed by atoms with Crippen LogP contribution in [0.4, 0.5) is 11.4 Å². The smallest absolute Gasteiger partial charge is 0.234 e. The number of halogens is 1. The molecule has 1 N–H and O–H groups in total. The van der Waals surface area contributed by atoms with Crippen molar-refractivity contribution in [1.82, 2.24) is 14.8 Å². The number of nitrogens with one attached hydrogen (secondary N) is 1. The minimum atomic E-state index is -0.0828. The first-order valence-corrected chi connectivity index (χ1v) is 11.4. The van der Waals surface area contributed by atoms with Gasteiger partial charge in [-0.3, -0.25) is 4.79 Å². The van der Waals surface area contributed by atoms with Crippen LogP contribution < -0.4 is 10.2 Å². The van der Waals surface area contributed by atoms with E-state index in [1.165, 1.54) is 11.8 Å². The van der Waals surface area contributed by atoms with Gasteiger partial charge in [0.15, 0.2) is 11.0 Å². The fourth-order valence-corrected chi connectivity index (χ4v) is 4.22. The van der Waals surface area contributed by atoms with Crippen LogP contribution in [0.25, 0.3) is 11.4 Å². The van der Waals surface area contributed by atoms with Gasteiger partial charge in [0, 0.05) is 36.6 Å². The van der Waals surface area contributed by atoms with E-state index >= 15 is 0 Å². The Bertz CT molecular complexity index is 985. The van der Waals surface area contributed by atoms with Gasteiger partial charge in [-0.2, -0.15) is 0 Å². The molecular weight excluding hydrogens is 418 g/mol. The first-order chi connectivity index (χ1) is 14.6. The Labute approximate surface area is 186 Å². The van der Waals surface area contributed by atoms with Gasteiger partial charge < -0.3 is 14.8 Å². The van der Waals surface area contributed by atoms with Crippen LogP contribution in [0.15, 0.2) is 53.7 Å². The first-order valence-electron chi connectivity index (χ1n) is 10.0. The molecule has 0 saturated carbocycles. The molecule has 1 aromatic heterocycles. The summed E-state index contributed by atoms with van der Waals surface area (Å²) in [6.07, 6.45) is 0. The number of rotatable bonds is 9. The summed E-state index contributed by atoms with van der Waals surface area (Å²) in [7, 11) is 0. The molecule has 0 atom stereocenters. The predicted molar refractivity (Wildman–Crippen MR) is 125 cm³/mol. The van der Waals surface area contributed by atoms with Crippen molar-refractivity contribution < 1.29 is 4.79 Å². The largest absolute Gasteiger partial charge is 0.372 e. The summed E-state index contributed by atoms with van der Waals surface area (Å²) in [5.74, 6) is 0.872. The summed E-state index contributed by atoms with van der Waals surface area (Å²) >= 11 is 7.67. The van der Waals surface area contributed by atoms with Crippen LogP contribution in [0.5, 0.6) is 0 Å². The van der Waals surface area contributed by atoms with Crippen molar-refractivity contribution in [1.29, 1.82) is 0 Å². The molecule has 0 aliphatic heterocycles. The minimum Gasteiger partial charge on any atom is -0.372 e. The standard InChI is InChI=1S/C22H26ClN5OS/c1-4-27(5-2)17-13-11-16(12-14-17)24-20(29)15-30-22-26-25-21(28(22)6-3)18-9-7-8-10-19(18)23/h7-14H,4-6,15H2,1-3H3,(H,24,29). The number of hydrogen-bond donors (Lipinski definition) is 1. The van der Waals surface area contributed by atoms with Crippen molar-refractivity contribution in [3.05, 3.63) is 53.6 Å². The van der Waals surface area contributed by atoms with E-state index in [9.17, 15) is 4.79 Å². The maximum atomic E-state index is 12.4. The second kappa shape index (κ2) is 10.5. The monoisotopic (exact) mass is 443 g/mol. The Morgan fingerprint density at radius 2 is 1.77 bits per heavy atom. The van der Waals surface area contributed by atoms with Gasteiger partial charge >= 0.3 is 0 Å². The molecule has 0 bridgehead atoms. The van der Waals surface area contributed by atoms with Crippen LogP contribution in [-0.2, 0) is 11.3 Å². The van der Waals surface area contributed by atoms with E-state index in [2.05, 4.69) is 34.3 Å². The van der Waals surface area contributed by atoms with E-state index < -0.39 is 0 Å². The van der Waals surface area contributed by atoms with Crippen LogP contribution in [0.1, 0.15) is 20.8 Å². The molecule has 6 nitrogen and oxygen atoms in total. The zero-order valence-electron chi connectivity index (χ0n) is 17.4. The highest BCUT2D eigenvalue weighted by Gasteiger charge is 2.16. The summed E-state index contributed by atoms with van der Waals surface area (Å²) in [5, 5.41) is 12.8. The van der Waals surface area contributed by atoms with E-state index in [1.54, 1.807) is 0 Å². The molecule has 0 radical (unpaired) electrons. The number of carbonyl (C=O) groups is 1. The molecule has 2 aromatic carbocycles. The highest BCUT2D eigenvalue weighted by atomic mass is 35.5. The van der Waals surface area contributed by atoms with Gasteiger partial charge in [-0.1, -0.05) is 35.5 Å². The molecule has 0 aliphatic carbocycles. The fraction of sp³-hybridized carbons (Fsp3) is 0.318.